The number of phenolic OH excluding ortho intramolecular Hbond substituents is 1. The molecule has 2 aromatic rings. The summed E-state index contributed by atoms with van der Waals surface area (Å²) in [5.74, 6) is 0.292. The Morgan fingerprint density at radius 2 is 1.43 bits per heavy atom. The molecule has 0 fully saturated rings. The summed E-state index contributed by atoms with van der Waals surface area (Å²) in [4.78, 5) is 4.48. The molecule has 0 saturated heterocycles. The van der Waals surface area contributed by atoms with Crippen molar-refractivity contribution in [2.24, 2.45) is 0 Å². The number of pyridine rings is 1. The van der Waals surface area contributed by atoms with Gasteiger partial charge in [-0.3, -0.25) is 4.98 Å². The number of aromatic nitrogens is 1. The zero-order valence-electron chi connectivity index (χ0n) is 13.9. The zero-order chi connectivity index (χ0) is 15.8. The van der Waals surface area contributed by atoms with E-state index >= 15 is 0 Å². The Bertz CT molecular complexity index is 645. The number of nitrogens with zero attached hydrogens (tertiary/aromatic N) is 1. The van der Waals surface area contributed by atoms with Crippen LogP contribution in [0.25, 0.3) is 11.3 Å². The van der Waals surface area contributed by atoms with Gasteiger partial charge in [-0.15, -0.1) is 0 Å². The molecule has 1 heterocycles. The molecular formula is C19H25NO. The third kappa shape index (κ3) is 3.63. The van der Waals surface area contributed by atoms with Gasteiger partial charge in [-0.25, -0.2) is 0 Å². The molecule has 2 nitrogen and oxygen atoms in total. The largest absolute Gasteiger partial charge is 0.508 e. The molecule has 0 aliphatic rings. The summed E-state index contributed by atoms with van der Waals surface area (Å²) in [5.41, 5.74) is 4.31. The van der Waals surface area contributed by atoms with Gasteiger partial charge >= 0.3 is 0 Å². The number of hydrogen-bond acceptors (Lipinski definition) is 2. The maximum Gasteiger partial charge on any atom is 0.116 e. The quantitative estimate of drug-likeness (QED) is 0.794. The summed E-state index contributed by atoms with van der Waals surface area (Å²) >= 11 is 0. The first kappa shape index (κ1) is 15.6. The highest BCUT2D eigenvalue weighted by molar-refractivity contribution is 5.64. The fourth-order valence-corrected chi connectivity index (χ4v) is 2.25. The first-order valence-corrected chi connectivity index (χ1v) is 7.39. The van der Waals surface area contributed by atoms with Crippen LogP contribution in [0.3, 0.4) is 0 Å². The van der Waals surface area contributed by atoms with E-state index in [9.17, 15) is 5.11 Å². The Hall–Kier alpha value is -1.83. The molecular weight excluding hydrogens is 258 g/mol. The molecule has 2 rings (SSSR count). The highest BCUT2D eigenvalue weighted by atomic mass is 16.3. The van der Waals surface area contributed by atoms with E-state index in [0.29, 0.717) is 5.75 Å². The molecule has 0 amide bonds. The minimum absolute atomic E-state index is 0.00483. The molecule has 0 aliphatic carbocycles. The highest BCUT2D eigenvalue weighted by Crippen LogP contribution is 2.32. The average Bonchev–Trinajstić information content (AvgIpc) is 2.36. The van der Waals surface area contributed by atoms with Crippen molar-refractivity contribution in [1.29, 1.82) is 0 Å². The zero-order valence-corrected chi connectivity index (χ0v) is 13.9. The molecule has 0 unspecified atom stereocenters. The van der Waals surface area contributed by atoms with Crippen LogP contribution >= 0.6 is 0 Å². The Labute approximate surface area is 127 Å². The number of phenols is 1. The maximum absolute atomic E-state index is 10.0. The Balaban J connectivity index is 2.55. The Morgan fingerprint density at radius 3 is 2.00 bits per heavy atom. The highest BCUT2D eigenvalue weighted by Gasteiger charge is 2.18. The van der Waals surface area contributed by atoms with Crippen molar-refractivity contribution in [1.82, 2.24) is 4.98 Å². The second-order valence-electron chi connectivity index (χ2n) is 7.70. The molecule has 112 valence electrons. The second kappa shape index (κ2) is 5.18. The van der Waals surface area contributed by atoms with E-state index < -0.39 is 0 Å². The van der Waals surface area contributed by atoms with Gasteiger partial charge in [0.25, 0.3) is 0 Å². The molecule has 1 N–H and O–H groups in total. The minimum Gasteiger partial charge on any atom is -0.508 e. The van der Waals surface area contributed by atoms with E-state index in [0.717, 1.165) is 16.8 Å². The summed E-state index contributed by atoms with van der Waals surface area (Å²) in [7, 11) is 0. The lowest BCUT2D eigenvalue weighted by molar-refractivity contribution is 0.471. The predicted octanol–water partition coefficient (Wildman–Crippen LogP) is 5.05. The SMILES string of the molecule is CC(C)(C)c1cc(O)cc(-c2cc(C(C)(C)C)ccn2)c1. The van der Waals surface area contributed by atoms with Gasteiger partial charge in [0.15, 0.2) is 0 Å². The van der Waals surface area contributed by atoms with Crippen molar-refractivity contribution in [3.8, 4) is 17.0 Å². The minimum atomic E-state index is -0.00483. The van der Waals surface area contributed by atoms with E-state index in [4.69, 9.17) is 0 Å². The van der Waals surface area contributed by atoms with Crippen molar-refractivity contribution in [2.75, 3.05) is 0 Å². The van der Waals surface area contributed by atoms with E-state index in [1.54, 1.807) is 6.07 Å². The van der Waals surface area contributed by atoms with Crippen molar-refractivity contribution >= 4 is 0 Å². The molecule has 1 aromatic carbocycles. The van der Waals surface area contributed by atoms with Crippen LogP contribution in [0.4, 0.5) is 0 Å². The van der Waals surface area contributed by atoms with Crippen molar-refractivity contribution in [2.45, 2.75) is 52.4 Å². The van der Waals surface area contributed by atoms with Gasteiger partial charge in [0.05, 0.1) is 5.69 Å². The van der Waals surface area contributed by atoms with Gasteiger partial charge in [0.1, 0.15) is 5.75 Å². The van der Waals surface area contributed by atoms with Crippen LogP contribution in [0, 0.1) is 0 Å². The Morgan fingerprint density at radius 1 is 0.810 bits per heavy atom. The molecule has 1 aromatic heterocycles. The fourth-order valence-electron chi connectivity index (χ4n) is 2.25. The van der Waals surface area contributed by atoms with Gasteiger partial charge in [-0.1, -0.05) is 41.5 Å². The summed E-state index contributed by atoms with van der Waals surface area (Å²) < 4.78 is 0. The summed E-state index contributed by atoms with van der Waals surface area (Å²) in [5, 5.41) is 10.0. The monoisotopic (exact) mass is 283 g/mol. The Kier molecular flexibility index (Phi) is 3.83. The molecule has 0 aliphatic heterocycles. The molecule has 0 bridgehead atoms. The topological polar surface area (TPSA) is 33.1 Å². The van der Waals surface area contributed by atoms with E-state index in [2.05, 4.69) is 64.7 Å². The van der Waals surface area contributed by atoms with E-state index in [1.165, 1.54) is 5.56 Å². The van der Waals surface area contributed by atoms with Crippen LogP contribution in [0.5, 0.6) is 5.75 Å². The number of rotatable bonds is 1. The number of aromatic hydroxyl groups is 1. The normalized spacial score (nSPS) is 12.5. The standard InChI is InChI=1S/C19H25NO/c1-18(2,3)14-7-8-20-17(12-14)13-9-15(19(4,5)6)11-16(21)10-13/h7-12,21H,1-6H3. The molecule has 21 heavy (non-hydrogen) atoms. The van der Waals surface area contributed by atoms with Gasteiger partial charge in [0.2, 0.25) is 0 Å². The second-order valence-corrected chi connectivity index (χ2v) is 7.70. The van der Waals surface area contributed by atoms with E-state index in [-0.39, 0.29) is 10.8 Å². The third-order valence-corrected chi connectivity index (χ3v) is 3.71. The number of benzene rings is 1. The molecule has 0 spiro atoms. The summed E-state index contributed by atoms with van der Waals surface area (Å²) in [6, 6.07) is 9.90. The lowest BCUT2D eigenvalue weighted by Crippen LogP contribution is -2.12. The fraction of sp³-hybridized carbons (Fsp3) is 0.421. The predicted molar refractivity (Wildman–Crippen MR) is 88.7 cm³/mol. The lowest BCUT2D eigenvalue weighted by atomic mass is 9.84. The lowest BCUT2D eigenvalue weighted by Gasteiger charge is -2.21. The first-order chi connectivity index (χ1) is 9.57. The van der Waals surface area contributed by atoms with Gasteiger partial charge < -0.3 is 5.11 Å². The molecule has 0 atom stereocenters. The van der Waals surface area contributed by atoms with Crippen molar-refractivity contribution in [3.05, 3.63) is 47.7 Å². The van der Waals surface area contributed by atoms with Crippen LogP contribution in [0.1, 0.15) is 52.7 Å². The number of hydrogen-bond donors (Lipinski definition) is 1. The van der Waals surface area contributed by atoms with Gasteiger partial charge in [-0.2, -0.15) is 0 Å². The average molecular weight is 283 g/mol. The van der Waals surface area contributed by atoms with Crippen LogP contribution in [0.15, 0.2) is 36.5 Å². The van der Waals surface area contributed by atoms with Gasteiger partial charge in [0, 0.05) is 11.8 Å². The summed E-state index contributed by atoms with van der Waals surface area (Å²) in [6.45, 7) is 13.0. The smallest absolute Gasteiger partial charge is 0.116 e. The van der Waals surface area contributed by atoms with Crippen LogP contribution in [0.2, 0.25) is 0 Å². The van der Waals surface area contributed by atoms with Crippen molar-refractivity contribution < 1.29 is 5.11 Å². The van der Waals surface area contributed by atoms with E-state index in [1.807, 2.05) is 12.3 Å². The molecule has 0 saturated carbocycles. The third-order valence-electron chi connectivity index (χ3n) is 3.71. The first-order valence-electron chi connectivity index (χ1n) is 7.39. The van der Waals surface area contributed by atoms with Crippen molar-refractivity contribution in [3.63, 3.8) is 0 Å². The van der Waals surface area contributed by atoms with Crippen LogP contribution in [-0.4, -0.2) is 10.1 Å². The summed E-state index contributed by atoms with van der Waals surface area (Å²) in [6.07, 6.45) is 1.84. The van der Waals surface area contributed by atoms with Gasteiger partial charge in [-0.05, 0) is 52.3 Å². The van der Waals surface area contributed by atoms with Crippen LogP contribution in [-0.2, 0) is 10.8 Å². The maximum atomic E-state index is 10.0. The molecule has 2 heteroatoms. The molecule has 0 radical (unpaired) electrons. The van der Waals surface area contributed by atoms with Crippen LogP contribution < -0.4 is 0 Å².